The van der Waals surface area contributed by atoms with Gasteiger partial charge in [0.25, 0.3) is 0 Å². The van der Waals surface area contributed by atoms with Crippen molar-refractivity contribution in [1.29, 1.82) is 0 Å². The molecule has 1 heterocycles. The second kappa shape index (κ2) is 6.22. The van der Waals surface area contributed by atoms with Gasteiger partial charge in [-0.1, -0.05) is 19.8 Å². The fourth-order valence-electron chi connectivity index (χ4n) is 1.15. The van der Waals surface area contributed by atoms with Gasteiger partial charge in [0.1, 0.15) is 0 Å². The number of rotatable bonds is 6. The van der Waals surface area contributed by atoms with E-state index >= 15 is 0 Å². The first-order chi connectivity index (χ1) is 7.63. The van der Waals surface area contributed by atoms with Crippen LogP contribution in [0, 0.1) is 0 Å². The zero-order valence-electron chi connectivity index (χ0n) is 9.02. The lowest BCUT2D eigenvalue weighted by Crippen LogP contribution is -2.11. The molecule has 0 aliphatic rings. The van der Waals surface area contributed by atoms with Gasteiger partial charge < -0.3 is 10.4 Å². The molecule has 0 spiro atoms. The molecule has 6 heteroatoms. The third kappa shape index (κ3) is 3.98. The standard InChI is InChI=1S/C10H14N2O3S/c1-2-3-4-5-8(13)12-10-11-7(6-16-10)9(14)15/h6H,2-5H2,1H3,(H,14,15)(H,11,12,13). The van der Waals surface area contributed by atoms with Crippen molar-refractivity contribution in [3.63, 3.8) is 0 Å². The van der Waals surface area contributed by atoms with E-state index in [1.54, 1.807) is 0 Å². The van der Waals surface area contributed by atoms with E-state index in [4.69, 9.17) is 5.11 Å². The lowest BCUT2D eigenvalue weighted by molar-refractivity contribution is -0.116. The van der Waals surface area contributed by atoms with E-state index in [0.29, 0.717) is 11.6 Å². The number of nitrogens with zero attached hydrogens (tertiary/aromatic N) is 1. The number of carbonyl (C=O) groups excluding carboxylic acids is 1. The molecule has 0 radical (unpaired) electrons. The molecule has 1 rings (SSSR count). The van der Waals surface area contributed by atoms with Crippen LogP contribution in [0.3, 0.4) is 0 Å². The molecule has 0 aromatic carbocycles. The first kappa shape index (κ1) is 12.6. The Morgan fingerprint density at radius 1 is 1.50 bits per heavy atom. The van der Waals surface area contributed by atoms with Crippen molar-refractivity contribution >= 4 is 28.3 Å². The van der Waals surface area contributed by atoms with Gasteiger partial charge in [-0.15, -0.1) is 11.3 Å². The minimum Gasteiger partial charge on any atom is -0.476 e. The van der Waals surface area contributed by atoms with E-state index in [1.165, 1.54) is 5.38 Å². The summed E-state index contributed by atoms with van der Waals surface area (Å²) in [4.78, 5) is 25.7. The number of hydrogen-bond donors (Lipinski definition) is 2. The Balaban J connectivity index is 2.40. The average molecular weight is 242 g/mol. The van der Waals surface area contributed by atoms with Gasteiger partial charge in [-0.05, 0) is 6.42 Å². The molecular weight excluding hydrogens is 228 g/mol. The highest BCUT2D eigenvalue weighted by atomic mass is 32.1. The first-order valence-corrected chi connectivity index (χ1v) is 6.00. The van der Waals surface area contributed by atoms with E-state index in [-0.39, 0.29) is 11.6 Å². The Bertz CT molecular complexity index is 376. The first-order valence-electron chi connectivity index (χ1n) is 5.12. The number of carboxylic acids is 1. The average Bonchev–Trinajstić information content (AvgIpc) is 2.66. The van der Waals surface area contributed by atoms with Crippen molar-refractivity contribution in [2.24, 2.45) is 0 Å². The molecule has 0 saturated heterocycles. The van der Waals surface area contributed by atoms with E-state index < -0.39 is 5.97 Å². The number of thiazole rings is 1. The molecule has 0 atom stereocenters. The van der Waals surface area contributed by atoms with Crippen molar-refractivity contribution in [2.45, 2.75) is 32.6 Å². The maximum Gasteiger partial charge on any atom is 0.355 e. The second-order valence-corrected chi connectivity index (χ2v) is 4.21. The molecular formula is C10H14N2O3S. The number of anilines is 1. The van der Waals surface area contributed by atoms with Gasteiger partial charge in [0.05, 0.1) is 0 Å². The van der Waals surface area contributed by atoms with Gasteiger partial charge in [0.15, 0.2) is 10.8 Å². The van der Waals surface area contributed by atoms with E-state index in [9.17, 15) is 9.59 Å². The number of nitrogens with one attached hydrogen (secondary N) is 1. The summed E-state index contributed by atoms with van der Waals surface area (Å²) in [6.45, 7) is 2.07. The summed E-state index contributed by atoms with van der Waals surface area (Å²) >= 11 is 1.12. The molecule has 16 heavy (non-hydrogen) atoms. The van der Waals surface area contributed by atoms with Crippen LogP contribution in [0.4, 0.5) is 5.13 Å². The van der Waals surface area contributed by atoms with Gasteiger partial charge in [0, 0.05) is 11.8 Å². The van der Waals surface area contributed by atoms with E-state index in [0.717, 1.165) is 30.6 Å². The number of hydrogen-bond acceptors (Lipinski definition) is 4. The molecule has 0 aliphatic heterocycles. The Labute approximate surface area is 97.5 Å². The number of amides is 1. The molecule has 0 saturated carbocycles. The topological polar surface area (TPSA) is 79.3 Å². The van der Waals surface area contributed by atoms with Crippen LogP contribution in [-0.2, 0) is 4.79 Å². The van der Waals surface area contributed by atoms with Crippen LogP contribution in [0.25, 0.3) is 0 Å². The fraction of sp³-hybridized carbons (Fsp3) is 0.500. The summed E-state index contributed by atoms with van der Waals surface area (Å²) in [5, 5.41) is 13.0. The highest BCUT2D eigenvalue weighted by Crippen LogP contribution is 2.15. The van der Waals surface area contributed by atoms with Gasteiger partial charge in [0.2, 0.25) is 5.91 Å². The minimum absolute atomic E-state index is 0.0335. The maximum atomic E-state index is 11.4. The fourth-order valence-corrected chi connectivity index (χ4v) is 1.85. The molecule has 0 unspecified atom stereocenters. The largest absolute Gasteiger partial charge is 0.476 e. The number of carboxylic acid groups (broad SMARTS) is 1. The Morgan fingerprint density at radius 3 is 2.81 bits per heavy atom. The van der Waals surface area contributed by atoms with Crippen LogP contribution < -0.4 is 5.32 Å². The molecule has 2 N–H and O–H groups in total. The van der Waals surface area contributed by atoms with Crippen molar-refractivity contribution in [3.05, 3.63) is 11.1 Å². The van der Waals surface area contributed by atoms with Crippen LogP contribution in [0.15, 0.2) is 5.38 Å². The molecule has 0 aliphatic carbocycles. The predicted octanol–water partition coefficient (Wildman–Crippen LogP) is 2.36. The summed E-state index contributed by atoms with van der Waals surface area (Å²) in [5.41, 5.74) is -0.0335. The monoisotopic (exact) mass is 242 g/mol. The van der Waals surface area contributed by atoms with Crippen molar-refractivity contribution < 1.29 is 14.7 Å². The van der Waals surface area contributed by atoms with Crippen LogP contribution in [0.1, 0.15) is 43.1 Å². The van der Waals surface area contributed by atoms with Gasteiger partial charge in [-0.3, -0.25) is 4.79 Å². The second-order valence-electron chi connectivity index (χ2n) is 3.35. The zero-order chi connectivity index (χ0) is 12.0. The third-order valence-corrected chi connectivity index (χ3v) is 2.73. The normalized spacial score (nSPS) is 10.1. The highest BCUT2D eigenvalue weighted by Gasteiger charge is 2.10. The van der Waals surface area contributed by atoms with E-state index in [1.807, 2.05) is 0 Å². The number of unbranched alkanes of at least 4 members (excludes halogenated alkanes) is 2. The number of carbonyl (C=O) groups is 2. The highest BCUT2D eigenvalue weighted by molar-refractivity contribution is 7.14. The molecule has 5 nitrogen and oxygen atoms in total. The smallest absolute Gasteiger partial charge is 0.355 e. The zero-order valence-corrected chi connectivity index (χ0v) is 9.84. The molecule has 0 fully saturated rings. The summed E-state index contributed by atoms with van der Waals surface area (Å²) in [6.07, 6.45) is 3.38. The maximum absolute atomic E-state index is 11.4. The summed E-state index contributed by atoms with van der Waals surface area (Å²) < 4.78 is 0. The molecule has 1 aromatic rings. The van der Waals surface area contributed by atoms with Crippen molar-refractivity contribution in [3.8, 4) is 0 Å². The third-order valence-electron chi connectivity index (χ3n) is 1.98. The van der Waals surface area contributed by atoms with E-state index in [2.05, 4.69) is 17.2 Å². The van der Waals surface area contributed by atoms with Gasteiger partial charge in [-0.2, -0.15) is 0 Å². The van der Waals surface area contributed by atoms with Gasteiger partial charge in [-0.25, -0.2) is 9.78 Å². The number of aromatic carboxylic acids is 1. The van der Waals surface area contributed by atoms with Crippen LogP contribution in [-0.4, -0.2) is 22.0 Å². The van der Waals surface area contributed by atoms with Crippen molar-refractivity contribution in [2.75, 3.05) is 5.32 Å². The Morgan fingerprint density at radius 2 is 2.25 bits per heavy atom. The van der Waals surface area contributed by atoms with Gasteiger partial charge >= 0.3 is 5.97 Å². The Hall–Kier alpha value is -1.43. The molecule has 1 amide bonds. The van der Waals surface area contributed by atoms with Crippen LogP contribution in [0.2, 0.25) is 0 Å². The summed E-state index contributed by atoms with van der Waals surface area (Å²) in [6, 6.07) is 0. The van der Waals surface area contributed by atoms with Crippen molar-refractivity contribution in [1.82, 2.24) is 4.98 Å². The van der Waals surface area contributed by atoms with Crippen LogP contribution >= 0.6 is 11.3 Å². The molecule has 88 valence electrons. The SMILES string of the molecule is CCCCCC(=O)Nc1nc(C(=O)O)cs1. The molecule has 1 aromatic heterocycles. The Kier molecular flexibility index (Phi) is 4.91. The minimum atomic E-state index is -1.08. The lowest BCUT2D eigenvalue weighted by atomic mass is 10.2. The summed E-state index contributed by atoms with van der Waals surface area (Å²) in [7, 11) is 0. The quantitative estimate of drug-likeness (QED) is 0.750. The lowest BCUT2D eigenvalue weighted by Gasteiger charge is -2.00. The predicted molar refractivity (Wildman–Crippen MR) is 61.8 cm³/mol. The molecule has 0 bridgehead atoms. The summed E-state index contributed by atoms with van der Waals surface area (Å²) in [5.74, 6) is -1.19. The number of aromatic nitrogens is 1. The van der Waals surface area contributed by atoms with Crippen LogP contribution in [0.5, 0.6) is 0 Å².